The van der Waals surface area contributed by atoms with Crippen molar-refractivity contribution < 1.29 is 9.68 Å². The summed E-state index contributed by atoms with van der Waals surface area (Å²) in [4.78, 5) is 0. The zero-order valence-electron chi connectivity index (χ0n) is 5.90. The minimum absolute atomic E-state index is 0.738. The maximum absolute atomic E-state index is 9.05. The van der Waals surface area contributed by atoms with Gasteiger partial charge in [-0.2, -0.15) is 0 Å². The first-order valence-electron chi connectivity index (χ1n) is 3.48. The van der Waals surface area contributed by atoms with E-state index in [1.807, 2.05) is 30.3 Å². The molecule has 0 unspecified atom stereocenters. The molecule has 54 valence electrons. The summed E-state index contributed by atoms with van der Waals surface area (Å²) in [6, 6.07) is 7.59. The summed E-state index contributed by atoms with van der Waals surface area (Å²) in [7, 11) is -0.787. The van der Waals surface area contributed by atoms with Gasteiger partial charge in [-0.25, -0.2) is 0 Å². The van der Waals surface area contributed by atoms with Crippen molar-refractivity contribution in [2.75, 3.05) is 0 Å². The average Bonchev–Trinajstić information content (AvgIpc) is 2.04. The highest BCUT2D eigenvalue weighted by molar-refractivity contribution is 6.51. The lowest BCUT2D eigenvalue weighted by Gasteiger charge is -2.13. The van der Waals surface area contributed by atoms with Gasteiger partial charge in [-0.3, -0.25) is 0 Å². The van der Waals surface area contributed by atoms with Crippen LogP contribution in [0.2, 0.25) is 0 Å². The summed E-state index contributed by atoms with van der Waals surface area (Å²) in [5.41, 5.74) is 1.01. The SMILES string of the molecule is OB1C=Cc2ccccc2O1. The predicted octanol–water partition coefficient (Wildman–Crippen LogP) is 1.11. The number of rotatable bonds is 0. The van der Waals surface area contributed by atoms with Crippen LogP contribution in [0.25, 0.3) is 6.08 Å². The van der Waals surface area contributed by atoms with E-state index in [9.17, 15) is 0 Å². The minimum atomic E-state index is -0.787. The van der Waals surface area contributed by atoms with Crippen molar-refractivity contribution in [3.05, 3.63) is 35.8 Å². The van der Waals surface area contributed by atoms with E-state index in [-0.39, 0.29) is 0 Å². The Bertz CT molecular complexity index is 296. The molecule has 0 radical (unpaired) electrons. The summed E-state index contributed by atoms with van der Waals surface area (Å²) >= 11 is 0. The van der Waals surface area contributed by atoms with Gasteiger partial charge in [0.2, 0.25) is 0 Å². The van der Waals surface area contributed by atoms with Crippen molar-refractivity contribution in [2.24, 2.45) is 0 Å². The third kappa shape index (κ3) is 1.15. The van der Waals surface area contributed by atoms with Crippen molar-refractivity contribution in [1.82, 2.24) is 0 Å². The molecule has 0 fully saturated rings. The fourth-order valence-electron chi connectivity index (χ4n) is 1.08. The highest BCUT2D eigenvalue weighted by Gasteiger charge is 2.16. The van der Waals surface area contributed by atoms with Gasteiger partial charge in [-0.05, 0) is 12.0 Å². The Morgan fingerprint density at radius 1 is 1.27 bits per heavy atom. The molecule has 1 aromatic rings. The fraction of sp³-hybridized carbons (Fsp3) is 0. The van der Waals surface area contributed by atoms with Gasteiger partial charge in [-0.1, -0.05) is 24.3 Å². The number of para-hydroxylation sites is 1. The summed E-state index contributed by atoms with van der Waals surface area (Å²) in [5, 5.41) is 9.05. The van der Waals surface area contributed by atoms with Crippen LogP contribution in [0.4, 0.5) is 0 Å². The summed E-state index contributed by atoms with van der Waals surface area (Å²) in [5.74, 6) is 2.35. The highest BCUT2D eigenvalue weighted by atomic mass is 16.5. The Balaban J connectivity index is 2.46. The quantitative estimate of drug-likeness (QED) is 0.555. The van der Waals surface area contributed by atoms with Crippen LogP contribution in [0.1, 0.15) is 5.56 Å². The maximum Gasteiger partial charge on any atom is 0.552 e. The molecule has 0 aliphatic carbocycles. The predicted molar refractivity (Wildman–Crippen MR) is 44.1 cm³/mol. The second kappa shape index (κ2) is 2.44. The number of hydrogen-bond acceptors (Lipinski definition) is 2. The van der Waals surface area contributed by atoms with E-state index >= 15 is 0 Å². The second-order valence-corrected chi connectivity index (χ2v) is 2.41. The smallest absolute Gasteiger partial charge is 0.532 e. The van der Waals surface area contributed by atoms with Crippen LogP contribution in [-0.2, 0) is 0 Å². The van der Waals surface area contributed by atoms with Crippen molar-refractivity contribution in [1.29, 1.82) is 0 Å². The van der Waals surface area contributed by atoms with Gasteiger partial charge in [0.1, 0.15) is 5.75 Å². The number of hydrogen-bond donors (Lipinski definition) is 1. The first kappa shape index (κ1) is 6.49. The molecule has 1 aliphatic rings. The average molecular weight is 146 g/mol. The molecule has 0 saturated heterocycles. The molecular formula is C8H7BO2. The Morgan fingerprint density at radius 3 is 3.00 bits per heavy atom. The maximum atomic E-state index is 9.05. The lowest BCUT2D eigenvalue weighted by atomic mass is 9.87. The topological polar surface area (TPSA) is 29.5 Å². The van der Waals surface area contributed by atoms with Crippen molar-refractivity contribution in [3.63, 3.8) is 0 Å². The van der Waals surface area contributed by atoms with Crippen molar-refractivity contribution in [2.45, 2.75) is 0 Å². The first-order chi connectivity index (χ1) is 5.36. The lowest BCUT2D eigenvalue weighted by Crippen LogP contribution is -2.21. The van der Waals surface area contributed by atoms with Gasteiger partial charge in [0.05, 0.1) is 0 Å². The number of fused-ring (bicyclic) bond motifs is 1. The molecule has 1 heterocycles. The van der Waals surface area contributed by atoms with E-state index in [0.717, 1.165) is 11.3 Å². The van der Waals surface area contributed by atoms with Crippen LogP contribution >= 0.6 is 0 Å². The van der Waals surface area contributed by atoms with Crippen LogP contribution in [-0.4, -0.2) is 12.1 Å². The first-order valence-corrected chi connectivity index (χ1v) is 3.48. The molecule has 1 N–H and O–H groups in total. The van der Waals surface area contributed by atoms with Crippen molar-refractivity contribution >= 4 is 13.2 Å². The van der Waals surface area contributed by atoms with Gasteiger partial charge >= 0.3 is 7.12 Å². The van der Waals surface area contributed by atoms with Crippen LogP contribution < -0.4 is 4.65 Å². The van der Waals surface area contributed by atoms with Gasteiger partial charge in [0, 0.05) is 5.56 Å². The summed E-state index contributed by atoms with van der Waals surface area (Å²) in [6.07, 6.45) is 1.85. The van der Waals surface area contributed by atoms with Gasteiger partial charge < -0.3 is 9.68 Å². The molecular weight excluding hydrogens is 139 g/mol. The fourth-order valence-corrected chi connectivity index (χ4v) is 1.08. The molecule has 0 spiro atoms. The van der Waals surface area contributed by atoms with E-state index in [0.29, 0.717) is 0 Å². The molecule has 2 nitrogen and oxygen atoms in total. The third-order valence-corrected chi connectivity index (χ3v) is 1.61. The largest absolute Gasteiger partial charge is 0.552 e. The van der Waals surface area contributed by atoms with Crippen molar-refractivity contribution in [3.8, 4) is 5.75 Å². The van der Waals surface area contributed by atoms with Gasteiger partial charge in [0.15, 0.2) is 0 Å². The minimum Gasteiger partial charge on any atom is -0.532 e. The Morgan fingerprint density at radius 2 is 2.09 bits per heavy atom. The third-order valence-electron chi connectivity index (χ3n) is 1.61. The Hall–Kier alpha value is -1.22. The molecule has 0 atom stereocenters. The van der Waals surface area contributed by atoms with E-state index in [1.165, 1.54) is 0 Å². The van der Waals surface area contributed by atoms with Crippen LogP contribution in [0.5, 0.6) is 5.75 Å². The zero-order valence-corrected chi connectivity index (χ0v) is 5.90. The van der Waals surface area contributed by atoms with Crippen LogP contribution in [0.15, 0.2) is 30.2 Å². The summed E-state index contributed by atoms with van der Waals surface area (Å²) in [6.45, 7) is 0. The molecule has 0 saturated carbocycles. The molecule has 1 aliphatic heterocycles. The standard InChI is InChI=1S/C8H7BO2/c10-9-6-5-7-3-1-2-4-8(7)11-9/h1-6,10H. The zero-order chi connectivity index (χ0) is 7.68. The highest BCUT2D eigenvalue weighted by Crippen LogP contribution is 2.22. The lowest BCUT2D eigenvalue weighted by molar-refractivity contribution is 0.428. The Labute approximate surface area is 65.3 Å². The van der Waals surface area contributed by atoms with E-state index in [4.69, 9.17) is 9.68 Å². The normalized spacial score (nSPS) is 14.1. The molecule has 0 bridgehead atoms. The van der Waals surface area contributed by atoms with Gasteiger partial charge in [-0.15, -0.1) is 0 Å². The van der Waals surface area contributed by atoms with E-state index in [1.54, 1.807) is 5.98 Å². The number of benzene rings is 1. The van der Waals surface area contributed by atoms with Crippen LogP contribution in [0, 0.1) is 0 Å². The van der Waals surface area contributed by atoms with Gasteiger partial charge in [0.25, 0.3) is 0 Å². The molecule has 11 heavy (non-hydrogen) atoms. The molecule has 3 heteroatoms. The molecule has 0 aromatic heterocycles. The molecule has 1 aromatic carbocycles. The molecule has 0 amide bonds. The summed E-state index contributed by atoms with van der Waals surface area (Å²) < 4.78 is 5.10. The van der Waals surface area contributed by atoms with Crippen LogP contribution in [0.3, 0.4) is 0 Å². The Kier molecular flexibility index (Phi) is 1.44. The van der Waals surface area contributed by atoms with E-state index in [2.05, 4.69) is 0 Å². The van der Waals surface area contributed by atoms with E-state index < -0.39 is 7.12 Å². The monoisotopic (exact) mass is 146 g/mol. The molecule has 2 rings (SSSR count). The second-order valence-electron chi connectivity index (χ2n) is 2.41.